The van der Waals surface area contributed by atoms with E-state index in [1.165, 1.54) is 0 Å². The Bertz CT molecular complexity index is 1720. The molecule has 3 aromatic rings. The number of pyridine rings is 1. The van der Waals surface area contributed by atoms with E-state index in [1.807, 2.05) is 32.9 Å². The Morgan fingerprint density at radius 1 is 0.939 bits per heavy atom. The van der Waals surface area contributed by atoms with Gasteiger partial charge in [0.1, 0.15) is 11.9 Å². The van der Waals surface area contributed by atoms with Gasteiger partial charge in [0.2, 0.25) is 5.91 Å². The first kappa shape index (κ1) is 37.8. The number of aryl methyl sites for hydroxylation is 4. The molecule has 0 bridgehead atoms. The molecule has 2 atom stereocenters. The number of alkyl halides is 3. The Morgan fingerprint density at radius 3 is 2.14 bits per heavy atom. The van der Waals surface area contributed by atoms with Gasteiger partial charge in [-0.2, -0.15) is 13.2 Å². The molecule has 0 saturated carbocycles. The van der Waals surface area contributed by atoms with Crippen LogP contribution in [0.5, 0.6) is 0 Å². The van der Waals surface area contributed by atoms with Crippen LogP contribution < -0.4 is 10.9 Å². The van der Waals surface area contributed by atoms with Crippen molar-refractivity contribution in [1.29, 1.82) is 0 Å². The lowest BCUT2D eigenvalue weighted by Gasteiger charge is -2.28. The van der Waals surface area contributed by atoms with Gasteiger partial charge in [-0.15, -0.1) is 0 Å². The first-order chi connectivity index (χ1) is 23.0. The molecule has 49 heavy (non-hydrogen) atoms. The van der Waals surface area contributed by atoms with Crippen molar-refractivity contribution in [3.8, 4) is 11.1 Å². The minimum Gasteiger partial charge on any atom is -0.481 e. The van der Waals surface area contributed by atoms with Crippen molar-refractivity contribution in [3.05, 3.63) is 91.6 Å². The molecular weight excluding hydrogens is 638 g/mol. The maximum atomic E-state index is 15.8. The zero-order valence-electron chi connectivity index (χ0n) is 29.1. The summed E-state index contributed by atoms with van der Waals surface area (Å²) >= 11 is 0. The number of nitrogens with zero attached hydrogens (tertiary/aromatic N) is 2. The van der Waals surface area contributed by atoms with E-state index in [-0.39, 0.29) is 35.4 Å². The fourth-order valence-corrected chi connectivity index (χ4v) is 7.06. The van der Waals surface area contributed by atoms with Crippen LogP contribution >= 0.6 is 0 Å². The van der Waals surface area contributed by atoms with Crippen LogP contribution in [0.25, 0.3) is 11.1 Å². The summed E-state index contributed by atoms with van der Waals surface area (Å²) in [5.41, 5.74) is 2.56. The van der Waals surface area contributed by atoms with Crippen LogP contribution in [0, 0.1) is 39.4 Å². The Kier molecular flexibility index (Phi) is 12.1. The summed E-state index contributed by atoms with van der Waals surface area (Å²) in [5, 5.41) is 12.5. The van der Waals surface area contributed by atoms with Crippen molar-refractivity contribution in [2.24, 2.45) is 5.92 Å². The molecule has 2 heterocycles. The summed E-state index contributed by atoms with van der Waals surface area (Å²) in [6.45, 7) is 13.0. The molecule has 2 aromatic carbocycles. The number of aliphatic carboxylic acids is 1. The van der Waals surface area contributed by atoms with Crippen LogP contribution in [-0.2, 0) is 22.2 Å². The minimum atomic E-state index is -4.77. The number of carboxylic acids is 1. The number of likely N-dealkylation sites (tertiary alicyclic amines) is 1. The van der Waals surface area contributed by atoms with E-state index in [4.69, 9.17) is 0 Å². The average Bonchev–Trinajstić information content (AvgIpc) is 2.99. The van der Waals surface area contributed by atoms with Crippen LogP contribution in [0.2, 0.25) is 0 Å². The standard InChI is InChI=1S/C38H47F4N3O4/c1-22(2)14-32(45-21-27(10-13-44-11-8-7-9-12-44)30(19-33(45)46)38(40,41)42)37(49)43-31(20-34(47)48)29-18-28(17-26(6)36(29)39)35-24(4)15-23(3)16-25(35)5/h15-19,21-22,31-32H,7-14,20H2,1-6H3,(H,43,49)(H,47,48)/t31-,32?/m0/s1. The van der Waals surface area contributed by atoms with Gasteiger partial charge in [-0.1, -0.05) is 38.0 Å². The number of carboxylic acid groups (broad SMARTS) is 1. The zero-order valence-corrected chi connectivity index (χ0v) is 29.1. The molecule has 2 N–H and O–H groups in total. The number of aromatic nitrogens is 1. The van der Waals surface area contributed by atoms with E-state index in [9.17, 15) is 32.7 Å². The van der Waals surface area contributed by atoms with Gasteiger partial charge in [-0.25, -0.2) is 4.39 Å². The number of hydrogen-bond donors (Lipinski definition) is 2. The van der Waals surface area contributed by atoms with E-state index in [0.29, 0.717) is 18.2 Å². The van der Waals surface area contributed by atoms with Gasteiger partial charge in [0.15, 0.2) is 0 Å². The molecule has 1 saturated heterocycles. The first-order valence-corrected chi connectivity index (χ1v) is 16.9. The lowest BCUT2D eigenvalue weighted by Crippen LogP contribution is -2.41. The summed E-state index contributed by atoms with van der Waals surface area (Å²) in [4.78, 5) is 41.6. The maximum absolute atomic E-state index is 15.8. The number of hydrogen-bond acceptors (Lipinski definition) is 4. The topological polar surface area (TPSA) is 91.6 Å². The van der Waals surface area contributed by atoms with Crippen LogP contribution in [0.3, 0.4) is 0 Å². The van der Waals surface area contributed by atoms with Gasteiger partial charge >= 0.3 is 12.1 Å². The van der Waals surface area contributed by atoms with E-state index in [0.717, 1.165) is 65.4 Å². The second-order valence-electron chi connectivity index (χ2n) is 13.9. The number of nitrogens with one attached hydrogen (secondary N) is 1. The SMILES string of the molecule is Cc1cc(C)c(-c2cc(C)c(F)c([C@H](CC(=O)O)NC(=O)C(CC(C)C)n3cc(CCN4CCCCC4)c(C(F)(F)F)cc3=O)c2)c(C)c1. The highest BCUT2D eigenvalue weighted by Gasteiger charge is 2.36. The molecule has 266 valence electrons. The highest BCUT2D eigenvalue weighted by molar-refractivity contribution is 5.82. The maximum Gasteiger partial charge on any atom is 0.416 e. The lowest BCUT2D eigenvalue weighted by molar-refractivity contribution is -0.139. The molecule has 0 radical (unpaired) electrons. The molecule has 1 aromatic heterocycles. The fourth-order valence-electron chi connectivity index (χ4n) is 7.06. The van der Waals surface area contributed by atoms with Crippen LogP contribution in [0.15, 0.2) is 41.3 Å². The quantitative estimate of drug-likeness (QED) is 0.190. The summed E-state index contributed by atoms with van der Waals surface area (Å²) < 4.78 is 59.3. The average molecular weight is 686 g/mol. The monoisotopic (exact) mass is 685 g/mol. The Hall–Kier alpha value is -3.99. The zero-order chi connectivity index (χ0) is 36.2. The molecular formula is C38H47F4N3O4. The normalized spacial score (nSPS) is 15.3. The molecule has 1 fully saturated rings. The Balaban J connectivity index is 1.76. The predicted octanol–water partition coefficient (Wildman–Crippen LogP) is 7.85. The Labute approximate surface area is 285 Å². The van der Waals surface area contributed by atoms with E-state index >= 15 is 4.39 Å². The van der Waals surface area contributed by atoms with Gasteiger partial charge in [0.25, 0.3) is 5.56 Å². The second-order valence-corrected chi connectivity index (χ2v) is 13.9. The smallest absolute Gasteiger partial charge is 0.416 e. The Morgan fingerprint density at radius 2 is 1.57 bits per heavy atom. The molecule has 1 aliphatic heterocycles. The van der Waals surface area contributed by atoms with Gasteiger partial charge in [0, 0.05) is 24.4 Å². The molecule has 7 nitrogen and oxygen atoms in total. The fraction of sp³-hybridized carbons (Fsp3) is 0.500. The first-order valence-electron chi connectivity index (χ1n) is 16.9. The van der Waals surface area contributed by atoms with Crippen LogP contribution in [-0.4, -0.2) is 46.1 Å². The van der Waals surface area contributed by atoms with Crippen molar-refractivity contribution < 1.29 is 32.3 Å². The van der Waals surface area contributed by atoms with Crippen LogP contribution in [0.4, 0.5) is 17.6 Å². The molecule has 0 spiro atoms. The largest absolute Gasteiger partial charge is 0.481 e. The number of halogens is 4. The molecule has 11 heteroatoms. The van der Waals surface area contributed by atoms with Crippen molar-refractivity contribution >= 4 is 11.9 Å². The van der Waals surface area contributed by atoms with Crippen molar-refractivity contribution in [2.75, 3.05) is 19.6 Å². The van der Waals surface area contributed by atoms with E-state index < -0.39 is 53.5 Å². The molecule has 1 amide bonds. The highest BCUT2D eigenvalue weighted by atomic mass is 19.4. The van der Waals surface area contributed by atoms with Crippen LogP contribution in [0.1, 0.15) is 97.0 Å². The number of piperidine rings is 1. The lowest BCUT2D eigenvalue weighted by atomic mass is 9.89. The van der Waals surface area contributed by atoms with Gasteiger partial charge in [-0.05, 0) is 118 Å². The highest BCUT2D eigenvalue weighted by Crippen LogP contribution is 2.35. The summed E-state index contributed by atoms with van der Waals surface area (Å²) in [5.74, 6) is -2.92. The second kappa shape index (κ2) is 15.7. The third-order valence-electron chi connectivity index (χ3n) is 9.27. The minimum absolute atomic E-state index is 0.0297. The van der Waals surface area contributed by atoms with E-state index in [1.54, 1.807) is 32.9 Å². The number of carbonyl (C=O) groups is 2. The summed E-state index contributed by atoms with van der Waals surface area (Å²) in [6.07, 6.45) is -1.19. The van der Waals surface area contributed by atoms with Crippen molar-refractivity contribution in [3.63, 3.8) is 0 Å². The molecule has 1 unspecified atom stereocenters. The summed E-state index contributed by atoms with van der Waals surface area (Å²) in [6, 6.07) is 5.16. The predicted molar refractivity (Wildman–Crippen MR) is 182 cm³/mol. The molecule has 0 aliphatic carbocycles. The van der Waals surface area contributed by atoms with Gasteiger partial charge in [-0.3, -0.25) is 14.4 Å². The third kappa shape index (κ3) is 9.38. The third-order valence-corrected chi connectivity index (χ3v) is 9.27. The summed E-state index contributed by atoms with van der Waals surface area (Å²) in [7, 11) is 0. The van der Waals surface area contributed by atoms with Crippen molar-refractivity contribution in [1.82, 2.24) is 14.8 Å². The molecule has 4 rings (SSSR count). The van der Waals surface area contributed by atoms with E-state index in [2.05, 4.69) is 10.2 Å². The number of carbonyl (C=O) groups excluding carboxylic acids is 1. The number of benzene rings is 2. The van der Waals surface area contributed by atoms with Gasteiger partial charge < -0.3 is 19.9 Å². The number of amides is 1. The molecule has 1 aliphatic rings. The van der Waals surface area contributed by atoms with Gasteiger partial charge in [0.05, 0.1) is 18.0 Å². The number of rotatable bonds is 12. The van der Waals surface area contributed by atoms with Crippen molar-refractivity contribution in [2.45, 2.75) is 98.3 Å².